The van der Waals surface area contributed by atoms with Crippen LogP contribution in [-0.4, -0.2) is 22.8 Å². The Hall–Kier alpha value is -1.55. The van der Waals surface area contributed by atoms with Crippen LogP contribution in [0.25, 0.3) is 11.0 Å². The Morgan fingerprint density at radius 2 is 2.25 bits per heavy atom. The molecule has 1 aromatic carbocycles. The molecule has 2 aromatic rings. The number of hydrogen-bond acceptors (Lipinski definition) is 2. The van der Waals surface area contributed by atoms with Gasteiger partial charge >= 0.3 is 5.69 Å². The molecule has 3 rings (SSSR count). The molecule has 1 saturated heterocycles. The van der Waals surface area contributed by atoms with E-state index in [0.29, 0.717) is 6.61 Å². The average molecular weight is 218 g/mol. The van der Waals surface area contributed by atoms with Crippen LogP contribution in [0.15, 0.2) is 29.1 Å². The van der Waals surface area contributed by atoms with E-state index < -0.39 is 0 Å². The highest BCUT2D eigenvalue weighted by Gasteiger charge is 2.19. The maximum Gasteiger partial charge on any atom is 0.326 e. The minimum atomic E-state index is -0.0308. The van der Waals surface area contributed by atoms with Crippen LogP contribution in [0.5, 0.6) is 0 Å². The van der Waals surface area contributed by atoms with Crippen molar-refractivity contribution in [3.05, 3.63) is 34.7 Å². The van der Waals surface area contributed by atoms with Gasteiger partial charge in [-0.1, -0.05) is 12.1 Å². The van der Waals surface area contributed by atoms with E-state index in [2.05, 4.69) is 4.98 Å². The van der Waals surface area contributed by atoms with Gasteiger partial charge in [-0.05, 0) is 25.0 Å². The van der Waals surface area contributed by atoms with Gasteiger partial charge in [-0.25, -0.2) is 4.79 Å². The normalized spacial score (nSPS) is 21.4. The smallest absolute Gasteiger partial charge is 0.326 e. The van der Waals surface area contributed by atoms with Gasteiger partial charge in [-0.15, -0.1) is 0 Å². The number of hydrogen-bond donors (Lipinski definition) is 1. The first-order valence-corrected chi connectivity index (χ1v) is 5.63. The summed E-state index contributed by atoms with van der Waals surface area (Å²) in [6.45, 7) is 1.45. The molecule has 0 amide bonds. The molecule has 1 aliphatic rings. The molecule has 4 nitrogen and oxygen atoms in total. The van der Waals surface area contributed by atoms with Gasteiger partial charge in [0.15, 0.2) is 0 Å². The van der Waals surface area contributed by atoms with Crippen LogP contribution in [0.1, 0.15) is 18.9 Å². The maximum absolute atomic E-state index is 11.9. The number of fused-ring (bicyclic) bond motifs is 1. The van der Waals surface area contributed by atoms with Crippen LogP contribution in [-0.2, 0) is 4.74 Å². The van der Waals surface area contributed by atoms with Crippen molar-refractivity contribution in [2.24, 2.45) is 0 Å². The minimum absolute atomic E-state index is 0.0308. The van der Waals surface area contributed by atoms with Gasteiger partial charge in [-0.3, -0.25) is 4.57 Å². The fraction of sp³-hybridized carbons (Fsp3) is 0.417. The summed E-state index contributed by atoms with van der Waals surface area (Å²) < 4.78 is 7.26. The first-order valence-electron chi connectivity index (χ1n) is 5.63. The Morgan fingerprint density at radius 1 is 1.38 bits per heavy atom. The molecular formula is C12H14N2O2. The standard InChI is InChI=1S/C12H14N2O2/c15-12-13-10-5-1-2-6-11(10)14(12)9-4-3-7-16-8-9/h1-2,5-6,9H,3-4,7-8H2,(H,13,15). The molecule has 1 unspecified atom stereocenters. The van der Waals surface area contributed by atoms with Gasteiger partial charge in [0.2, 0.25) is 0 Å². The second-order valence-corrected chi connectivity index (χ2v) is 4.19. The number of benzene rings is 1. The van der Waals surface area contributed by atoms with Gasteiger partial charge < -0.3 is 9.72 Å². The molecule has 16 heavy (non-hydrogen) atoms. The number of imidazole rings is 1. The molecule has 1 N–H and O–H groups in total. The van der Waals surface area contributed by atoms with Crippen molar-refractivity contribution >= 4 is 11.0 Å². The first kappa shape index (κ1) is 9.66. The summed E-state index contributed by atoms with van der Waals surface area (Å²) in [5, 5.41) is 0. The summed E-state index contributed by atoms with van der Waals surface area (Å²) in [4.78, 5) is 14.8. The van der Waals surface area contributed by atoms with Crippen molar-refractivity contribution in [3.8, 4) is 0 Å². The Kier molecular flexibility index (Phi) is 2.29. The summed E-state index contributed by atoms with van der Waals surface area (Å²) in [5.74, 6) is 0. The van der Waals surface area contributed by atoms with Gasteiger partial charge in [0.25, 0.3) is 0 Å². The zero-order chi connectivity index (χ0) is 11.0. The van der Waals surface area contributed by atoms with Crippen LogP contribution in [0.4, 0.5) is 0 Å². The van der Waals surface area contributed by atoms with Crippen molar-refractivity contribution in [1.82, 2.24) is 9.55 Å². The lowest BCUT2D eigenvalue weighted by atomic mass is 10.1. The maximum atomic E-state index is 11.9. The van der Waals surface area contributed by atoms with Crippen LogP contribution in [0.3, 0.4) is 0 Å². The van der Waals surface area contributed by atoms with Crippen molar-refractivity contribution in [3.63, 3.8) is 0 Å². The Balaban J connectivity index is 2.14. The molecule has 1 aliphatic heterocycles. The van der Waals surface area contributed by atoms with Gasteiger partial charge in [0.1, 0.15) is 0 Å². The number of ether oxygens (including phenoxy) is 1. The van der Waals surface area contributed by atoms with Gasteiger partial charge in [0, 0.05) is 6.61 Å². The second kappa shape index (κ2) is 3.79. The number of H-pyrrole nitrogens is 1. The predicted octanol–water partition coefficient (Wildman–Crippen LogP) is 1.68. The lowest BCUT2D eigenvalue weighted by molar-refractivity contribution is 0.0595. The molecule has 0 aliphatic carbocycles. The molecule has 0 spiro atoms. The number of aromatic nitrogens is 2. The van der Waals surface area contributed by atoms with E-state index in [0.717, 1.165) is 30.5 Å². The lowest BCUT2D eigenvalue weighted by Gasteiger charge is -2.23. The highest BCUT2D eigenvalue weighted by molar-refractivity contribution is 5.75. The highest BCUT2D eigenvalue weighted by Crippen LogP contribution is 2.21. The summed E-state index contributed by atoms with van der Waals surface area (Å²) in [6, 6.07) is 7.96. The zero-order valence-electron chi connectivity index (χ0n) is 8.98. The Labute approximate surface area is 92.8 Å². The number of aromatic amines is 1. The summed E-state index contributed by atoms with van der Waals surface area (Å²) >= 11 is 0. The van der Waals surface area contributed by atoms with E-state index in [-0.39, 0.29) is 11.7 Å². The number of nitrogens with zero attached hydrogens (tertiary/aromatic N) is 1. The third-order valence-corrected chi connectivity index (χ3v) is 3.13. The average Bonchev–Trinajstić information content (AvgIpc) is 2.66. The molecule has 0 saturated carbocycles. The monoisotopic (exact) mass is 218 g/mol. The molecule has 1 aromatic heterocycles. The van der Waals surface area contributed by atoms with Crippen LogP contribution < -0.4 is 5.69 Å². The summed E-state index contributed by atoms with van der Waals surface area (Å²) in [5.41, 5.74) is 1.85. The third-order valence-electron chi connectivity index (χ3n) is 3.13. The molecule has 0 radical (unpaired) electrons. The van der Waals surface area contributed by atoms with E-state index in [9.17, 15) is 4.79 Å². The predicted molar refractivity (Wildman–Crippen MR) is 61.6 cm³/mol. The van der Waals surface area contributed by atoms with Crippen molar-refractivity contribution in [2.45, 2.75) is 18.9 Å². The number of nitrogens with one attached hydrogen (secondary N) is 1. The largest absolute Gasteiger partial charge is 0.379 e. The SMILES string of the molecule is O=c1[nH]c2ccccc2n1C1CCCOC1. The van der Waals surface area contributed by atoms with Crippen LogP contribution >= 0.6 is 0 Å². The molecule has 1 atom stereocenters. The van der Waals surface area contributed by atoms with Gasteiger partial charge in [0.05, 0.1) is 23.7 Å². The highest BCUT2D eigenvalue weighted by atomic mass is 16.5. The molecule has 84 valence electrons. The van der Waals surface area contributed by atoms with Crippen molar-refractivity contribution in [1.29, 1.82) is 0 Å². The van der Waals surface area contributed by atoms with E-state index in [1.54, 1.807) is 0 Å². The zero-order valence-corrected chi connectivity index (χ0v) is 8.98. The van der Waals surface area contributed by atoms with E-state index >= 15 is 0 Å². The molecule has 2 heterocycles. The Bertz CT molecular complexity index is 549. The topological polar surface area (TPSA) is 47.0 Å². The number of rotatable bonds is 1. The van der Waals surface area contributed by atoms with E-state index in [4.69, 9.17) is 4.74 Å². The van der Waals surface area contributed by atoms with Crippen molar-refractivity contribution in [2.75, 3.05) is 13.2 Å². The fourth-order valence-electron chi connectivity index (χ4n) is 2.36. The van der Waals surface area contributed by atoms with Gasteiger partial charge in [-0.2, -0.15) is 0 Å². The van der Waals surface area contributed by atoms with E-state index in [1.165, 1.54) is 0 Å². The lowest BCUT2D eigenvalue weighted by Crippen LogP contribution is -2.28. The molecular weight excluding hydrogens is 204 g/mol. The first-order chi connectivity index (χ1) is 7.86. The van der Waals surface area contributed by atoms with E-state index in [1.807, 2.05) is 28.8 Å². The third kappa shape index (κ3) is 1.46. The summed E-state index contributed by atoms with van der Waals surface area (Å²) in [6.07, 6.45) is 2.04. The quantitative estimate of drug-likeness (QED) is 0.791. The van der Waals surface area contributed by atoms with Crippen LogP contribution in [0, 0.1) is 0 Å². The van der Waals surface area contributed by atoms with Crippen molar-refractivity contribution < 1.29 is 4.74 Å². The van der Waals surface area contributed by atoms with Crippen LogP contribution in [0.2, 0.25) is 0 Å². The molecule has 1 fully saturated rings. The molecule has 0 bridgehead atoms. The fourth-order valence-corrected chi connectivity index (χ4v) is 2.36. The Morgan fingerprint density at radius 3 is 3.06 bits per heavy atom. The molecule has 4 heteroatoms. The summed E-state index contributed by atoms with van der Waals surface area (Å²) in [7, 11) is 0. The second-order valence-electron chi connectivity index (χ2n) is 4.19. The minimum Gasteiger partial charge on any atom is -0.379 e. The number of para-hydroxylation sites is 2.